The fourth-order valence-electron chi connectivity index (χ4n) is 1.75. The number of rotatable bonds is 3. The van der Waals surface area contributed by atoms with Crippen LogP contribution in [0.2, 0.25) is 0 Å². The molecule has 0 saturated carbocycles. The predicted molar refractivity (Wildman–Crippen MR) is 75.4 cm³/mol. The fraction of sp³-hybridized carbons (Fsp3) is 0.214. The van der Waals surface area contributed by atoms with E-state index in [1.165, 1.54) is 11.1 Å². The molecular weight excluding hydrogens is 298 g/mol. The van der Waals surface area contributed by atoms with Gasteiger partial charge in [-0.25, -0.2) is 0 Å². The van der Waals surface area contributed by atoms with Crippen LogP contribution >= 0.6 is 27.5 Å². The van der Waals surface area contributed by atoms with Crippen molar-refractivity contribution < 1.29 is 0 Å². The Labute approximate surface area is 115 Å². The molecule has 0 radical (unpaired) electrons. The number of aryl methyl sites for hydroxylation is 1. The SMILES string of the molecule is Cc1cccc(C(Cl)Cc2ccncc2)c1Br. The topological polar surface area (TPSA) is 12.9 Å². The van der Waals surface area contributed by atoms with Gasteiger partial charge in [-0.15, -0.1) is 11.6 Å². The van der Waals surface area contributed by atoms with Gasteiger partial charge in [-0.2, -0.15) is 0 Å². The Balaban J connectivity index is 2.20. The van der Waals surface area contributed by atoms with Crippen molar-refractivity contribution in [3.63, 3.8) is 0 Å². The Bertz CT molecular complexity index is 499. The van der Waals surface area contributed by atoms with Crippen molar-refractivity contribution in [2.45, 2.75) is 18.7 Å². The second-order valence-electron chi connectivity index (χ2n) is 4.01. The lowest BCUT2D eigenvalue weighted by Gasteiger charge is -2.13. The highest BCUT2D eigenvalue weighted by Crippen LogP contribution is 2.32. The minimum atomic E-state index is -0.0216. The van der Waals surface area contributed by atoms with E-state index in [4.69, 9.17) is 11.6 Å². The van der Waals surface area contributed by atoms with Crippen molar-refractivity contribution in [1.82, 2.24) is 4.98 Å². The Morgan fingerprint density at radius 2 is 1.94 bits per heavy atom. The molecule has 88 valence electrons. The molecule has 1 nitrogen and oxygen atoms in total. The number of aromatic nitrogens is 1. The van der Waals surface area contributed by atoms with Crippen LogP contribution < -0.4 is 0 Å². The van der Waals surface area contributed by atoms with Crippen molar-refractivity contribution in [2.24, 2.45) is 0 Å². The molecule has 1 aromatic carbocycles. The average Bonchev–Trinajstić information content (AvgIpc) is 2.34. The number of alkyl halides is 1. The van der Waals surface area contributed by atoms with Crippen LogP contribution in [-0.2, 0) is 6.42 Å². The fourth-order valence-corrected chi connectivity index (χ4v) is 2.78. The summed E-state index contributed by atoms with van der Waals surface area (Å²) in [6.07, 6.45) is 4.40. The summed E-state index contributed by atoms with van der Waals surface area (Å²) in [6, 6.07) is 10.2. The summed E-state index contributed by atoms with van der Waals surface area (Å²) in [5, 5.41) is -0.0216. The average molecular weight is 311 g/mol. The van der Waals surface area contributed by atoms with Crippen LogP contribution in [0.4, 0.5) is 0 Å². The van der Waals surface area contributed by atoms with E-state index in [2.05, 4.69) is 40.0 Å². The van der Waals surface area contributed by atoms with E-state index in [0.717, 1.165) is 16.5 Å². The molecule has 1 unspecified atom stereocenters. The molecule has 1 atom stereocenters. The molecule has 0 aliphatic carbocycles. The first-order valence-electron chi connectivity index (χ1n) is 5.46. The van der Waals surface area contributed by atoms with Crippen molar-refractivity contribution in [3.8, 4) is 0 Å². The van der Waals surface area contributed by atoms with E-state index >= 15 is 0 Å². The van der Waals surface area contributed by atoms with Crippen LogP contribution in [0.3, 0.4) is 0 Å². The minimum Gasteiger partial charge on any atom is -0.265 e. The molecule has 0 N–H and O–H groups in total. The molecule has 2 aromatic rings. The first kappa shape index (κ1) is 12.6. The van der Waals surface area contributed by atoms with Crippen molar-refractivity contribution in [3.05, 3.63) is 63.9 Å². The lowest BCUT2D eigenvalue weighted by atomic mass is 10.0. The molecule has 0 spiro atoms. The van der Waals surface area contributed by atoms with Crippen LogP contribution in [0.1, 0.15) is 22.1 Å². The Hall–Kier alpha value is -0.860. The zero-order chi connectivity index (χ0) is 12.3. The zero-order valence-electron chi connectivity index (χ0n) is 9.53. The first-order chi connectivity index (χ1) is 8.18. The normalized spacial score (nSPS) is 12.4. The summed E-state index contributed by atoms with van der Waals surface area (Å²) in [5.74, 6) is 0. The number of benzene rings is 1. The third kappa shape index (κ3) is 3.08. The van der Waals surface area contributed by atoms with Gasteiger partial charge in [0.25, 0.3) is 0 Å². The van der Waals surface area contributed by atoms with Crippen LogP contribution in [0.5, 0.6) is 0 Å². The van der Waals surface area contributed by atoms with E-state index < -0.39 is 0 Å². The highest BCUT2D eigenvalue weighted by Gasteiger charge is 2.13. The summed E-state index contributed by atoms with van der Waals surface area (Å²) >= 11 is 10.1. The predicted octanol–water partition coefficient (Wildman–Crippen LogP) is 4.68. The van der Waals surface area contributed by atoms with Crippen LogP contribution in [0, 0.1) is 6.92 Å². The van der Waals surface area contributed by atoms with Crippen molar-refractivity contribution in [1.29, 1.82) is 0 Å². The maximum Gasteiger partial charge on any atom is 0.0636 e. The summed E-state index contributed by atoms with van der Waals surface area (Å²) < 4.78 is 1.11. The van der Waals surface area contributed by atoms with Crippen molar-refractivity contribution in [2.75, 3.05) is 0 Å². The summed E-state index contributed by atoms with van der Waals surface area (Å²) in [6.45, 7) is 2.07. The molecule has 0 amide bonds. The molecule has 3 heteroatoms. The van der Waals surface area contributed by atoms with E-state index in [9.17, 15) is 0 Å². The highest BCUT2D eigenvalue weighted by atomic mass is 79.9. The van der Waals surface area contributed by atoms with Gasteiger partial charge in [0.1, 0.15) is 0 Å². The third-order valence-corrected chi connectivity index (χ3v) is 4.20. The lowest BCUT2D eigenvalue weighted by molar-refractivity contribution is 0.909. The molecule has 0 saturated heterocycles. The van der Waals surface area contributed by atoms with Gasteiger partial charge in [-0.05, 0) is 42.2 Å². The molecule has 1 heterocycles. The number of hydrogen-bond donors (Lipinski definition) is 0. The maximum atomic E-state index is 6.47. The Morgan fingerprint density at radius 1 is 1.24 bits per heavy atom. The Morgan fingerprint density at radius 3 is 2.65 bits per heavy atom. The van der Waals surface area contributed by atoms with E-state index in [1.54, 1.807) is 12.4 Å². The van der Waals surface area contributed by atoms with E-state index in [-0.39, 0.29) is 5.38 Å². The smallest absolute Gasteiger partial charge is 0.0636 e. The zero-order valence-corrected chi connectivity index (χ0v) is 11.9. The number of hydrogen-bond acceptors (Lipinski definition) is 1. The van der Waals surface area contributed by atoms with Crippen molar-refractivity contribution >= 4 is 27.5 Å². The number of pyridine rings is 1. The van der Waals surface area contributed by atoms with Crippen LogP contribution in [-0.4, -0.2) is 4.98 Å². The highest BCUT2D eigenvalue weighted by molar-refractivity contribution is 9.10. The van der Waals surface area contributed by atoms with Gasteiger partial charge in [0.05, 0.1) is 5.38 Å². The van der Waals surface area contributed by atoms with E-state index in [1.807, 2.05) is 18.2 Å². The van der Waals surface area contributed by atoms with E-state index in [0.29, 0.717) is 0 Å². The molecule has 1 aromatic heterocycles. The lowest BCUT2D eigenvalue weighted by Crippen LogP contribution is -1.98. The molecule has 2 rings (SSSR count). The monoisotopic (exact) mass is 309 g/mol. The molecule has 0 fully saturated rings. The Kier molecular flexibility index (Phi) is 4.19. The van der Waals surface area contributed by atoms with Gasteiger partial charge in [-0.1, -0.05) is 34.1 Å². The van der Waals surface area contributed by atoms with Gasteiger partial charge < -0.3 is 0 Å². The summed E-state index contributed by atoms with van der Waals surface area (Å²) in [7, 11) is 0. The molecule has 0 aliphatic rings. The third-order valence-electron chi connectivity index (χ3n) is 2.72. The van der Waals surface area contributed by atoms with Gasteiger partial charge in [-0.3, -0.25) is 4.98 Å². The van der Waals surface area contributed by atoms with Gasteiger partial charge in [0, 0.05) is 16.9 Å². The van der Waals surface area contributed by atoms with Gasteiger partial charge in [0.2, 0.25) is 0 Å². The standard InChI is InChI=1S/C14H13BrClN/c1-10-3-2-4-12(14(10)15)13(16)9-11-5-7-17-8-6-11/h2-8,13H,9H2,1H3. The summed E-state index contributed by atoms with van der Waals surface area (Å²) in [5.41, 5.74) is 3.56. The second-order valence-corrected chi connectivity index (χ2v) is 5.33. The van der Waals surface area contributed by atoms with Gasteiger partial charge in [0.15, 0.2) is 0 Å². The minimum absolute atomic E-state index is 0.0216. The molecule has 17 heavy (non-hydrogen) atoms. The maximum absolute atomic E-state index is 6.47. The summed E-state index contributed by atoms with van der Waals surface area (Å²) in [4.78, 5) is 4.00. The molecule has 0 bridgehead atoms. The first-order valence-corrected chi connectivity index (χ1v) is 6.69. The molecular formula is C14H13BrClN. The van der Waals surface area contributed by atoms with Gasteiger partial charge >= 0.3 is 0 Å². The number of halogens is 2. The molecule has 0 aliphatic heterocycles. The second kappa shape index (κ2) is 5.65. The van der Waals surface area contributed by atoms with Crippen LogP contribution in [0.25, 0.3) is 0 Å². The van der Waals surface area contributed by atoms with Crippen LogP contribution in [0.15, 0.2) is 47.2 Å². The quantitative estimate of drug-likeness (QED) is 0.750. The number of nitrogens with zero attached hydrogens (tertiary/aromatic N) is 1. The largest absolute Gasteiger partial charge is 0.265 e.